The molecule has 3 aromatic rings. The van der Waals surface area contributed by atoms with E-state index in [4.69, 9.17) is 27.9 Å². The van der Waals surface area contributed by atoms with E-state index in [1.807, 2.05) is 36.4 Å². The smallest absolute Gasteiger partial charge is 0.321 e. The Morgan fingerprint density at radius 3 is 2.42 bits per heavy atom. The van der Waals surface area contributed by atoms with Crippen molar-refractivity contribution in [1.29, 1.82) is 0 Å². The van der Waals surface area contributed by atoms with E-state index in [0.717, 1.165) is 22.8 Å². The molecule has 4 rings (SSSR count). The van der Waals surface area contributed by atoms with E-state index in [-0.39, 0.29) is 6.03 Å². The molecule has 2 heterocycles. The van der Waals surface area contributed by atoms with Crippen LogP contribution < -0.4 is 15.0 Å². The molecule has 1 aliphatic rings. The number of rotatable bonds is 4. The van der Waals surface area contributed by atoms with Gasteiger partial charge >= 0.3 is 6.03 Å². The largest absolute Gasteiger partial charge is 0.496 e. The molecule has 0 saturated carbocycles. The number of amides is 2. The molecule has 2 aromatic carbocycles. The van der Waals surface area contributed by atoms with E-state index in [1.165, 1.54) is 0 Å². The molecular formula is C22H21Cl2N5O2. The highest BCUT2D eigenvalue weighted by molar-refractivity contribution is 6.42. The van der Waals surface area contributed by atoms with Crippen LogP contribution in [0, 0.1) is 0 Å². The lowest BCUT2D eigenvalue weighted by Gasteiger charge is -2.35. The number of halogens is 2. The van der Waals surface area contributed by atoms with Crippen molar-refractivity contribution in [3.05, 3.63) is 64.6 Å². The van der Waals surface area contributed by atoms with Gasteiger partial charge in [-0.2, -0.15) is 0 Å². The average Bonchev–Trinajstić information content (AvgIpc) is 2.81. The van der Waals surface area contributed by atoms with Gasteiger partial charge in [0, 0.05) is 37.4 Å². The molecule has 1 fully saturated rings. The van der Waals surface area contributed by atoms with E-state index in [1.54, 1.807) is 30.2 Å². The zero-order chi connectivity index (χ0) is 21.8. The summed E-state index contributed by atoms with van der Waals surface area (Å²) in [5.41, 5.74) is 2.26. The van der Waals surface area contributed by atoms with Crippen LogP contribution >= 0.6 is 23.2 Å². The molecule has 7 nitrogen and oxygen atoms in total. The van der Waals surface area contributed by atoms with Crippen molar-refractivity contribution in [3.8, 4) is 17.0 Å². The molecule has 1 N–H and O–H groups in total. The topological polar surface area (TPSA) is 70.6 Å². The van der Waals surface area contributed by atoms with Gasteiger partial charge in [0.1, 0.15) is 5.75 Å². The highest BCUT2D eigenvalue weighted by Gasteiger charge is 2.22. The number of methoxy groups -OCH3 is 1. The molecule has 31 heavy (non-hydrogen) atoms. The number of hydrogen-bond acceptors (Lipinski definition) is 5. The minimum Gasteiger partial charge on any atom is -0.496 e. The summed E-state index contributed by atoms with van der Waals surface area (Å²) in [6.45, 7) is 2.47. The van der Waals surface area contributed by atoms with Gasteiger partial charge in [-0.3, -0.25) is 0 Å². The highest BCUT2D eigenvalue weighted by atomic mass is 35.5. The van der Waals surface area contributed by atoms with E-state index in [0.29, 0.717) is 41.9 Å². The lowest BCUT2D eigenvalue weighted by molar-refractivity contribution is 0.208. The molecule has 2 amide bonds. The summed E-state index contributed by atoms with van der Waals surface area (Å²) in [6.07, 6.45) is 0. The highest BCUT2D eigenvalue weighted by Crippen LogP contribution is 2.28. The van der Waals surface area contributed by atoms with Crippen LogP contribution in [0.5, 0.6) is 5.75 Å². The van der Waals surface area contributed by atoms with Gasteiger partial charge in [0.05, 0.1) is 22.8 Å². The van der Waals surface area contributed by atoms with Crippen LogP contribution in [0.25, 0.3) is 11.3 Å². The molecule has 0 radical (unpaired) electrons. The van der Waals surface area contributed by atoms with Crippen LogP contribution in [0.2, 0.25) is 10.0 Å². The van der Waals surface area contributed by atoms with Crippen molar-refractivity contribution in [1.82, 2.24) is 15.1 Å². The Balaban J connectivity index is 1.36. The minimum atomic E-state index is -0.171. The first kappa shape index (κ1) is 21.2. The van der Waals surface area contributed by atoms with Crippen molar-refractivity contribution in [2.45, 2.75) is 0 Å². The second-order valence-corrected chi connectivity index (χ2v) is 7.82. The Kier molecular flexibility index (Phi) is 6.44. The first-order valence-electron chi connectivity index (χ1n) is 9.78. The van der Waals surface area contributed by atoms with Crippen LogP contribution in [0.15, 0.2) is 54.6 Å². The fraction of sp³-hybridized carbons (Fsp3) is 0.227. The summed E-state index contributed by atoms with van der Waals surface area (Å²) in [4.78, 5) is 16.4. The Morgan fingerprint density at radius 2 is 1.74 bits per heavy atom. The number of benzene rings is 2. The predicted octanol–water partition coefficient (Wildman–Crippen LogP) is 4.81. The Labute approximate surface area is 190 Å². The number of nitrogens with one attached hydrogen (secondary N) is 1. The maximum absolute atomic E-state index is 12.5. The molecule has 0 aliphatic carbocycles. The molecule has 160 valence electrons. The van der Waals surface area contributed by atoms with Crippen LogP contribution in [0.1, 0.15) is 0 Å². The third-order valence-electron chi connectivity index (χ3n) is 5.10. The number of ether oxygens (including phenoxy) is 1. The number of nitrogens with zero attached hydrogens (tertiary/aromatic N) is 4. The molecule has 0 unspecified atom stereocenters. The van der Waals surface area contributed by atoms with Gasteiger partial charge in [-0.1, -0.05) is 35.3 Å². The van der Waals surface area contributed by atoms with Gasteiger partial charge < -0.3 is 19.9 Å². The number of carbonyl (C=O) groups excluding carboxylic acids is 1. The van der Waals surface area contributed by atoms with Crippen LogP contribution in [0.3, 0.4) is 0 Å². The zero-order valence-electron chi connectivity index (χ0n) is 16.9. The standard InChI is InChI=1S/C22H21Cl2N5O2/c1-31-20-5-3-2-4-16(20)19-8-9-21(27-26-19)28-10-12-29(13-11-28)22(30)25-15-6-7-17(23)18(24)14-15/h2-9,14H,10-13H2,1H3,(H,25,30). The molecule has 1 aromatic heterocycles. The van der Waals surface area contributed by atoms with Crippen molar-refractivity contribution in [3.63, 3.8) is 0 Å². The lowest BCUT2D eigenvalue weighted by Crippen LogP contribution is -2.50. The fourth-order valence-electron chi connectivity index (χ4n) is 3.41. The van der Waals surface area contributed by atoms with Gasteiger partial charge in [0.25, 0.3) is 0 Å². The minimum absolute atomic E-state index is 0.171. The fourth-order valence-corrected chi connectivity index (χ4v) is 3.71. The maximum atomic E-state index is 12.5. The summed E-state index contributed by atoms with van der Waals surface area (Å²) in [6, 6.07) is 16.4. The molecule has 1 saturated heterocycles. The average molecular weight is 458 g/mol. The molecule has 0 spiro atoms. The van der Waals surface area contributed by atoms with Gasteiger partial charge in [-0.15, -0.1) is 10.2 Å². The third kappa shape index (κ3) is 4.84. The van der Waals surface area contributed by atoms with Gasteiger partial charge in [-0.05, 0) is 42.5 Å². The molecular weight excluding hydrogens is 437 g/mol. The van der Waals surface area contributed by atoms with Crippen molar-refractivity contribution >= 4 is 40.7 Å². The van der Waals surface area contributed by atoms with Crippen LogP contribution in [-0.2, 0) is 0 Å². The number of para-hydroxylation sites is 1. The molecule has 9 heteroatoms. The second kappa shape index (κ2) is 9.41. The summed E-state index contributed by atoms with van der Waals surface area (Å²) in [5.74, 6) is 1.54. The number of urea groups is 1. The van der Waals surface area contributed by atoms with Crippen LogP contribution in [-0.4, -0.2) is 54.4 Å². The summed E-state index contributed by atoms with van der Waals surface area (Å²) >= 11 is 11.9. The second-order valence-electron chi connectivity index (χ2n) is 7.01. The van der Waals surface area contributed by atoms with E-state index in [9.17, 15) is 4.79 Å². The lowest BCUT2D eigenvalue weighted by atomic mass is 10.1. The Morgan fingerprint density at radius 1 is 0.968 bits per heavy atom. The van der Waals surface area contributed by atoms with E-state index < -0.39 is 0 Å². The van der Waals surface area contributed by atoms with Gasteiger partial charge in [0.2, 0.25) is 0 Å². The summed E-state index contributed by atoms with van der Waals surface area (Å²) in [7, 11) is 1.64. The molecule has 1 aliphatic heterocycles. The molecule has 0 atom stereocenters. The summed E-state index contributed by atoms with van der Waals surface area (Å²) < 4.78 is 5.40. The number of piperazine rings is 1. The van der Waals surface area contributed by atoms with Crippen molar-refractivity contribution in [2.24, 2.45) is 0 Å². The van der Waals surface area contributed by atoms with E-state index >= 15 is 0 Å². The maximum Gasteiger partial charge on any atom is 0.321 e. The zero-order valence-corrected chi connectivity index (χ0v) is 18.4. The number of aromatic nitrogens is 2. The predicted molar refractivity (Wildman–Crippen MR) is 123 cm³/mol. The van der Waals surface area contributed by atoms with Crippen molar-refractivity contribution in [2.75, 3.05) is 43.5 Å². The number of carbonyl (C=O) groups is 1. The Bertz CT molecular complexity index is 1070. The summed E-state index contributed by atoms with van der Waals surface area (Å²) in [5, 5.41) is 12.5. The normalized spacial score (nSPS) is 13.8. The number of anilines is 2. The SMILES string of the molecule is COc1ccccc1-c1ccc(N2CCN(C(=O)Nc3ccc(Cl)c(Cl)c3)CC2)nn1. The van der Waals surface area contributed by atoms with Gasteiger partial charge in [-0.25, -0.2) is 4.79 Å². The van der Waals surface area contributed by atoms with E-state index in [2.05, 4.69) is 20.4 Å². The Hall–Kier alpha value is -3.03. The third-order valence-corrected chi connectivity index (χ3v) is 5.83. The van der Waals surface area contributed by atoms with Crippen molar-refractivity contribution < 1.29 is 9.53 Å². The first-order valence-corrected chi connectivity index (χ1v) is 10.5. The quantitative estimate of drug-likeness (QED) is 0.608. The molecule has 0 bridgehead atoms. The first-order chi connectivity index (χ1) is 15.0. The van der Waals surface area contributed by atoms with Gasteiger partial charge in [0.15, 0.2) is 5.82 Å². The monoisotopic (exact) mass is 457 g/mol. The number of hydrogen-bond donors (Lipinski definition) is 1. The van der Waals surface area contributed by atoms with Crippen LogP contribution in [0.4, 0.5) is 16.3 Å².